The quantitative estimate of drug-likeness (QED) is 0.179. The SMILES string of the molecule is COc1ccc2nc(-c3ccc(Br)cc3)sc2c1.Cc1ccc2nc(Br)sc2c1.OB(O)c1ccc(Br)cc1. The average molecular weight is 749 g/mol. The van der Waals surface area contributed by atoms with Crippen LogP contribution in [0.2, 0.25) is 0 Å². The number of thiazole rings is 2. The van der Waals surface area contributed by atoms with Gasteiger partial charge in [0.15, 0.2) is 3.92 Å². The van der Waals surface area contributed by atoms with Crippen molar-refractivity contribution in [3.8, 4) is 16.3 Å². The number of hydrogen-bond acceptors (Lipinski definition) is 7. The van der Waals surface area contributed by atoms with Gasteiger partial charge in [0.2, 0.25) is 0 Å². The first-order valence-corrected chi connectivity index (χ1v) is 15.6. The van der Waals surface area contributed by atoms with Crippen LogP contribution in [0.3, 0.4) is 0 Å². The second kappa shape index (κ2) is 14.0. The Morgan fingerprint density at radius 3 is 1.95 bits per heavy atom. The van der Waals surface area contributed by atoms with Gasteiger partial charge in [0.25, 0.3) is 0 Å². The lowest BCUT2D eigenvalue weighted by molar-refractivity contribution is 0.415. The molecule has 0 bridgehead atoms. The fourth-order valence-electron chi connectivity index (χ4n) is 3.39. The van der Waals surface area contributed by atoms with Gasteiger partial charge in [-0.2, -0.15) is 0 Å². The van der Waals surface area contributed by atoms with Crippen LogP contribution in [0.25, 0.3) is 31.0 Å². The summed E-state index contributed by atoms with van der Waals surface area (Å²) in [6, 6.07) is 27.2. The van der Waals surface area contributed by atoms with Gasteiger partial charge in [-0.1, -0.05) is 62.2 Å². The maximum absolute atomic E-state index is 8.65. The Kier molecular flexibility index (Phi) is 10.7. The Morgan fingerprint density at radius 1 is 0.718 bits per heavy atom. The number of aromatic nitrogens is 2. The van der Waals surface area contributed by atoms with Crippen LogP contribution in [0.5, 0.6) is 5.75 Å². The number of halogens is 3. The van der Waals surface area contributed by atoms with Crippen molar-refractivity contribution in [1.29, 1.82) is 0 Å². The first-order chi connectivity index (χ1) is 18.7. The number of ether oxygens (including phenoxy) is 1. The Bertz CT molecular complexity index is 1670. The van der Waals surface area contributed by atoms with Crippen molar-refractivity contribution in [3.05, 3.63) is 103 Å². The van der Waals surface area contributed by atoms with Gasteiger partial charge >= 0.3 is 7.12 Å². The third-order valence-corrected chi connectivity index (χ3v) is 8.97. The van der Waals surface area contributed by atoms with Crippen LogP contribution in [0.1, 0.15) is 5.56 Å². The summed E-state index contributed by atoms with van der Waals surface area (Å²) in [6.07, 6.45) is 0. The van der Waals surface area contributed by atoms with Gasteiger partial charge in [-0.15, -0.1) is 22.7 Å². The molecule has 0 radical (unpaired) electrons. The molecule has 4 aromatic carbocycles. The zero-order valence-electron chi connectivity index (χ0n) is 20.8. The van der Waals surface area contributed by atoms with Crippen molar-refractivity contribution in [2.75, 3.05) is 7.11 Å². The number of nitrogens with zero attached hydrogens (tertiary/aromatic N) is 2. The van der Waals surface area contributed by atoms with Crippen LogP contribution in [0, 0.1) is 6.92 Å². The molecule has 0 saturated heterocycles. The number of hydrogen-bond donors (Lipinski definition) is 2. The average Bonchev–Trinajstić information content (AvgIpc) is 3.51. The molecule has 2 N–H and O–H groups in total. The number of fused-ring (bicyclic) bond motifs is 2. The lowest BCUT2D eigenvalue weighted by Crippen LogP contribution is -2.29. The van der Waals surface area contributed by atoms with Gasteiger partial charge in [0.05, 0.1) is 27.5 Å². The molecule has 0 aliphatic heterocycles. The standard InChI is InChI=1S/C14H10BrNOS.C8H6BrNS.C6H6BBrO2/c1-17-11-6-7-12-13(8-11)18-14(16-12)9-2-4-10(15)5-3-9;1-5-2-3-6-7(4-5)11-8(9)10-6;8-6-3-1-5(2-4-6)7(9)10/h2-8H,1H3;2-4H,1H3;1-4,9-10H. The van der Waals surface area contributed by atoms with E-state index in [2.05, 4.69) is 88.9 Å². The van der Waals surface area contributed by atoms with E-state index in [1.165, 1.54) is 10.3 Å². The van der Waals surface area contributed by atoms with E-state index in [0.29, 0.717) is 5.46 Å². The van der Waals surface area contributed by atoms with Crippen LogP contribution in [-0.4, -0.2) is 34.2 Å². The van der Waals surface area contributed by atoms with Crippen molar-refractivity contribution < 1.29 is 14.8 Å². The van der Waals surface area contributed by atoms with Gasteiger partial charge in [0, 0.05) is 14.5 Å². The van der Waals surface area contributed by atoms with E-state index < -0.39 is 7.12 Å². The first kappa shape index (κ1) is 29.9. The number of rotatable bonds is 3. The van der Waals surface area contributed by atoms with Gasteiger partial charge in [0.1, 0.15) is 10.8 Å². The summed E-state index contributed by atoms with van der Waals surface area (Å²) in [5, 5.41) is 18.3. The molecule has 0 unspecified atom stereocenters. The Balaban J connectivity index is 0.000000145. The summed E-state index contributed by atoms with van der Waals surface area (Å²) in [5.74, 6) is 0.869. The minimum Gasteiger partial charge on any atom is -0.497 e. The number of benzene rings is 4. The van der Waals surface area contributed by atoms with Gasteiger partial charge in [-0.3, -0.25) is 0 Å². The molecule has 2 heterocycles. The number of aryl methyl sites for hydroxylation is 1. The smallest absolute Gasteiger partial charge is 0.488 e. The molecule has 6 aromatic rings. The monoisotopic (exact) mass is 746 g/mol. The summed E-state index contributed by atoms with van der Waals surface area (Å²) in [7, 11) is 0.311. The summed E-state index contributed by atoms with van der Waals surface area (Å²) in [6.45, 7) is 2.09. The summed E-state index contributed by atoms with van der Waals surface area (Å²) < 4.78 is 10.6. The Hall–Kier alpha value is -2.12. The topological polar surface area (TPSA) is 75.5 Å². The highest BCUT2D eigenvalue weighted by molar-refractivity contribution is 9.11. The molecule has 6 rings (SSSR count). The second-order valence-corrected chi connectivity index (χ2v) is 13.4. The fourth-order valence-corrected chi connectivity index (χ4v) is 6.42. The highest BCUT2D eigenvalue weighted by Gasteiger charge is 2.09. The van der Waals surface area contributed by atoms with E-state index in [0.717, 1.165) is 44.9 Å². The molecule has 39 heavy (non-hydrogen) atoms. The van der Waals surface area contributed by atoms with Crippen LogP contribution in [0.4, 0.5) is 0 Å². The fraction of sp³-hybridized carbons (Fsp3) is 0.0714. The largest absolute Gasteiger partial charge is 0.497 e. The van der Waals surface area contributed by atoms with Crippen LogP contribution in [0.15, 0.2) is 97.8 Å². The Morgan fingerprint density at radius 2 is 1.31 bits per heavy atom. The predicted octanol–water partition coefficient (Wildman–Crippen LogP) is 8.23. The molecule has 0 spiro atoms. The molecule has 5 nitrogen and oxygen atoms in total. The highest BCUT2D eigenvalue weighted by atomic mass is 79.9. The summed E-state index contributed by atoms with van der Waals surface area (Å²) in [4.78, 5) is 8.93. The van der Waals surface area contributed by atoms with Crippen molar-refractivity contribution in [3.63, 3.8) is 0 Å². The maximum Gasteiger partial charge on any atom is 0.488 e. The van der Waals surface area contributed by atoms with E-state index in [9.17, 15) is 0 Å². The Labute approximate surface area is 260 Å². The molecule has 0 saturated carbocycles. The molecule has 0 amide bonds. The van der Waals surface area contributed by atoms with Gasteiger partial charge in [-0.05, 0) is 88.5 Å². The van der Waals surface area contributed by atoms with E-state index >= 15 is 0 Å². The van der Waals surface area contributed by atoms with E-state index in [-0.39, 0.29) is 0 Å². The summed E-state index contributed by atoms with van der Waals surface area (Å²) in [5.41, 5.74) is 5.02. The van der Waals surface area contributed by atoms with Crippen LogP contribution >= 0.6 is 70.5 Å². The van der Waals surface area contributed by atoms with Gasteiger partial charge in [-0.25, -0.2) is 9.97 Å². The molecular weight excluding hydrogens is 727 g/mol. The third-order valence-electron chi connectivity index (χ3n) is 5.37. The first-order valence-electron chi connectivity index (χ1n) is 11.6. The second-order valence-electron chi connectivity index (χ2n) is 8.22. The van der Waals surface area contributed by atoms with E-state index in [1.807, 2.05) is 36.4 Å². The predicted molar refractivity (Wildman–Crippen MR) is 175 cm³/mol. The van der Waals surface area contributed by atoms with Crippen molar-refractivity contribution >= 4 is 103 Å². The normalized spacial score (nSPS) is 10.4. The van der Waals surface area contributed by atoms with Crippen LogP contribution < -0.4 is 10.2 Å². The lowest BCUT2D eigenvalue weighted by Gasteiger charge is -1.96. The van der Waals surface area contributed by atoms with Gasteiger partial charge < -0.3 is 14.8 Å². The molecule has 0 atom stereocenters. The van der Waals surface area contributed by atoms with Crippen molar-refractivity contribution in [2.24, 2.45) is 0 Å². The maximum atomic E-state index is 8.65. The molecule has 0 fully saturated rings. The zero-order valence-corrected chi connectivity index (χ0v) is 27.2. The van der Waals surface area contributed by atoms with Crippen molar-refractivity contribution in [1.82, 2.24) is 9.97 Å². The van der Waals surface area contributed by atoms with Crippen molar-refractivity contribution in [2.45, 2.75) is 6.92 Å². The third kappa shape index (κ3) is 8.44. The highest BCUT2D eigenvalue weighted by Crippen LogP contribution is 2.32. The molecule has 11 heteroatoms. The molecule has 0 aliphatic rings. The molecule has 0 aliphatic carbocycles. The molecular formula is C28H22BBr3N2O3S2. The minimum absolute atomic E-state index is 0.503. The number of methoxy groups -OCH3 is 1. The van der Waals surface area contributed by atoms with E-state index in [1.54, 1.807) is 54.0 Å². The van der Waals surface area contributed by atoms with Crippen LogP contribution in [-0.2, 0) is 0 Å². The van der Waals surface area contributed by atoms with E-state index in [4.69, 9.17) is 14.8 Å². The molecule has 2 aromatic heterocycles. The summed E-state index contributed by atoms with van der Waals surface area (Å²) >= 11 is 13.4. The molecule has 198 valence electrons. The zero-order chi connectivity index (χ0) is 27.9. The minimum atomic E-state index is -1.37. The lowest BCUT2D eigenvalue weighted by atomic mass is 9.81.